The SMILES string of the molecule is COC(=O)[C@]12C=C[C@H](CC1)[C@H]1C(=O)N(C3CCCCC3)C(=O)[C@@H]12. The quantitative estimate of drug-likeness (QED) is 0.444. The smallest absolute Gasteiger partial charge is 0.316 e. The highest BCUT2D eigenvalue weighted by Crippen LogP contribution is 2.57. The normalized spacial score (nSPS) is 39.7. The molecule has 2 bridgehead atoms. The number of allylic oxidation sites excluding steroid dienone is 1. The zero-order chi connectivity index (χ0) is 16.2. The van der Waals surface area contributed by atoms with Gasteiger partial charge in [0.1, 0.15) is 0 Å². The number of hydrogen-bond donors (Lipinski definition) is 0. The van der Waals surface area contributed by atoms with Gasteiger partial charge in [-0.15, -0.1) is 0 Å². The lowest BCUT2D eigenvalue weighted by Gasteiger charge is -2.45. The third kappa shape index (κ3) is 1.88. The molecule has 5 aliphatic rings. The van der Waals surface area contributed by atoms with Crippen molar-refractivity contribution in [3.63, 3.8) is 0 Å². The molecule has 5 heteroatoms. The number of likely N-dealkylation sites (tertiary alicyclic amines) is 1. The molecule has 0 N–H and O–H groups in total. The van der Waals surface area contributed by atoms with Crippen molar-refractivity contribution >= 4 is 17.8 Å². The highest BCUT2D eigenvalue weighted by Gasteiger charge is 2.66. The Morgan fingerprint density at radius 3 is 2.52 bits per heavy atom. The molecule has 0 radical (unpaired) electrons. The molecule has 2 amide bonds. The molecule has 0 spiro atoms. The van der Waals surface area contributed by atoms with E-state index in [0.29, 0.717) is 6.42 Å². The fraction of sp³-hybridized carbons (Fsp3) is 0.722. The molecule has 0 unspecified atom stereocenters. The van der Waals surface area contributed by atoms with Crippen molar-refractivity contribution in [2.75, 3.05) is 7.11 Å². The van der Waals surface area contributed by atoms with Gasteiger partial charge < -0.3 is 4.74 Å². The molecule has 1 heterocycles. The predicted octanol–water partition coefficient (Wildman–Crippen LogP) is 2.06. The lowest BCUT2D eigenvalue weighted by Crippen LogP contribution is -2.51. The van der Waals surface area contributed by atoms with Crippen LogP contribution in [-0.2, 0) is 19.1 Å². The van der Waals surface area contributed by atoms with Gasteiger partial charge in [0.25, 0.3) is 0 Å². The van der Waals surface area contributed by atoms with E-state index >= 15 is 0 Å². The summed E-state index contributed by atoms with van der Waals surface area (Å²) in [6, 6.07) is 0.0310. The Hall–Kier alpha value is -1.65. The molecular weight excluding hydrogens is 294 g/mol. The summed E-state index contributed by atoms with van der Waals surface area (Å²) in [5.41, 5.74) is -0.926. The van der Waals surface area contributed by atoms with Gasteiger partial charge in [0.05, 0.1) is 24.4 Å². The molecule has 4 atom stereocenters. The highest BCUT2D eigenvalue weighted by atomic mass is 16.5. The Balaban J connectivity index is 1.73. The molecule has 4 aliphatic carbocycles. The molecule has 5 rings (SSSR count). The minimum absolute atomic E-state index is 0.0310. The maximum atomic E-state index is 13.1. The summed E-state index contributed by atoms with van der Waals surface area (Å²) in [7, 11) is 1.36. The lowest BCUT2D eigenvalue weighted by molar-refractivity contribution is -0.161. The third-order valence-electron chi connectivity index (χ3n) is 6.44. The average Bonchev–Trinajstić information content (AvgIpc) is 2.89. The lowest BCUT2D eigenvalue weighted by atomic mass is 9.55. The second-order valence-electron chi connectivity index (χ2n) is 7.44. The summed E-state index contributed by atoms with van der Waals surface area (Å²) in [5, 5.41) is 0. The number of esters is 1. The Morgan fingerprint density at radius 1 is 1.17 bits per heavy atom. The van der Waals surface area contributed by atoms with E-state index < -0.39 is 11.3 Å². The van der Waals surface area contributed by atoms with Crippen molar-refractivity contribution in [1.29, 1.82) is 0 Å². The van der Waals surface area contributed by atoms with Gasteiger partial charge in [-0.25, -0.2) is 0 Å². The molecule has 124 valence electrons. The first-order valence-electron chi connectivity index (χ1n) is 8.75. The fourth-order valence-electron chi connectivity index (χ4n) is 5.31. The molecule has 0 aromatic rings. The Bertz CT molecular complexity index is 592. The van der Waals surface area contributed by atoms with E-state index in [-0.39, 0.29) is 35.7 Å². The van der Waals surface area contributed by atoms with Gasteiger partial charge in [-0.1, -0.05) is 31.4 Å². The van der Waals surface area contributed by atoms with E-state index in [1.807, 2.05) is 12.2 Å². The Morgan fingerprint density at radius 2 is 1.91 bits per heavy atom. The third-order valence-corrected chi connectivity index (χ3v) is 6.44. The Labute approximate surface area is 136 Å². The number of amides is 2. The van der Waals surface area contributed by atoms with Gasteiger partial charge in [0, 0.05) is 6.04 Å². The molecular formula is C18H23NO4. The zero-order valence-electron chi connectivity index (χ0n) is 13.5. The van der Waals surface area contributed by atoms with E-state index in [1.54, 1.807) is 0 Å². The minimum atomic E-state index is -0.926. The first-order valence-corrected chi connectivity index (χ1v) is 8.75. The van der Waals surface area contributed by atoms with Gasteiger partial charge in [-0.3, -0.25) is 19.3 Å². The number of carbonyl (C=O) groups is 3. The molecule has 0 aromatic heterocycles. The van der Waals surface area contributed by atoms with Crippen LogP contribution in [0.3, 0.4) is 0 Å². The van der Waals surface area contributed by atoms with Crippen LogP contribution < -0.4 is 0 Å². The number of imide groups is 1. The molecule has 1 saturated heterocycles. The Kier molecular flexibility index (Phi) is 3.36. The predicted molar refractivity (Wildman–Crippen MR) is 82.0 cm³/mol. The number of carbonyl (C=O) groups excluding carboxylic acids is 3. The van der Waals surface area contributed by atoms with Gasteiger partial charge in [-0.2, -0.15) is 0 Å². The minimum Gasteiger partial charge on any atom is -0.468 e. The van der Waals surface area contributed by atoms with E-state index in [4.69, 9.17) is 4.74 Å². The van der Waals surface area contributed by atoms with Crippen LogP contribution in [-0.4, -0.2) is 35.8 Å². The van der Waals surface area contributed by atoms with Gasteiger partial charge in [0.2, 0.25) is 11.8 Å². The summed E-state index contributed by atoms with van der Waals surface area (Å²) < 4.78 is 5.01. The molecule has 23 heavy (non-hydrogen) atoms. The molecule has 5 nitrogen and oxygen atoms in total. The largest absolute Gasteiger partial charge is 0.468 e. The van der Waals surface area contributed by atoms with Gasteiger partial charge in [-0.05, 0) is 31.6 Å². The van der Waals surface area contributed by atoms with Crippen molar-refractivity contribution in [1.82, 2.24) is 4.90 Å². The molecule has 3 fully saturated rings. The van der Waals surface area contributed by atoms with Crippen molar-refractivity contribution in [2.45, 2.75) is 51.0 Å². The summed E-state index contributed by atoms with van der Waals surface area (Å²) in [4.78, 5) is 40.1. The zero-order valence-corrected chi connectivity index (χ0v) is 13.5. The number of fused-ring (bicyclic) bond motifs is 1. The number of nitrogens with zero attached hydrogens (tertiary/aromatic N) is 1. The maximum Gasteiger partial charge on any atom is 0.316 e. The van der Waals surface area contributed by atoms with E-state index in [1.165, 1.54) is 18.4 Å². The summed E-state index contributed by atoms with van der Waals surface area (Å²) >= 11 is 0. The van der Waals surface area contributed by atoms with Crippen molar-refractivity contribution in [2.24, 2.45) is 23.2 Å². The second-order valence-corrected chi connectivity index (χ2v) is 7.44. The highest BCUT2D eigenvalue weighted by molar-refractivity contribution is 6.09. The van der Waals surface area contributed by atoms with Crippen LogP contribution in [0.25, 0.3) is 0 Å². The summed E-state index contributed by atoms with van der Waals surface area (Å²) in [5.74, 6) is -1.36. The van der Waals surface area contributed by atoms with Gasteiger partial charge in [0.15, 0.2) is 0 Å². The van der Waals surface area contributed by atoms with Crippen molar-refractivity contribution in [3.05, 3.63) is 12.2 Å². The van der Waals surface area contributed by atoms with Crippen LogP contribution in [0.5, 0.6) is 0 Å². The number of rotatable bonds is 2. The molecule has 0 aromatic carbocycles. The van der Waals surface area contributed by atoms with Crippen LogP contribution in [0.2, 0.25) is 0 Å². The van der Waals surface area contributed by atoms with Crippen molar-refractivity contribution < 1.29 is 19.1 Å². The average molecular weight is 317 g/mol. The topological polar surface area (TPSA) is 63.7 Å². The first-order chi connectivity index (χ1) is 11.1. The monoisotopic (exact) mass is 317 g/mol. The second kappa shape index (κ2) is 5.18. The molecule has 1 aliphatic heterocycles. The fourth-order valence-corrected chi connectivity index (χ4v) is 5.31. The van der Waals surface area contributed by atoms with Gasteiger partial charge >= 0.3 is 5.97 Å². The first kappa shape index (κ1) is 14.9. The van der Waals surface area contributed by atoms with Crippen LogP contribution in [0.15, 0.2) is 12.2 Å². The number of hydrogen-bond acceptors (Lipinski definition) is 4. The summed E-state index contributed by atoms with van der Waals surface area (Å²) in [6.07, 6.45) is 10.3. The summed E-state index contributed by atoms with van der Waals surface area (Å²) in [6.45, 7) is 0. The number of ether oxygens (including phenoxy) is 1. The molecule has 2 saturated carbocycles. The van der Waals surface area contributed by atoms with Crippen LogP contribution in [0.4, 0.5) is 0 Å². The standard InChI is InChI=1S/C18H23NO4/c1-23-17(22)18-9-7-11(8-10-18)13-14(18)16(21)19(15(13)20)12-5-3-2-4-6-12/h7,9,11-14H,2-6,8,10H2,1H3/t11-,13-,14-,18-/m1/s1. The van der Waals surface area contributed by atoms with E-state index in [2.05, 4.69) is 0 Å². The van der Waals surface area contributed by atoms with Crippen LogP contribution >= 0.6 is 0 Å². The van der Waals surface area contributed by atoms with Crippen LogP contribution in [0.1, 0.15) is 44.9 Å². The number of methoxy groups -OCH3 is 1. The maximum absolute atomic E-state index is 13.1. The van der Waals surface area contributed by atoms with Crippen molar-refractivity contribution in [3.8, 4) is 0 Å². The van der Waals surface area contributed by atoms with Crippen LogP contribution in [0, 0.1) is 23.2 Å². The van der Waals surface area contributed by atoms with E-state index in [9.17, 15) is 14.4 Å². The van der Waals surface area contributed by atoms with E-state index in [0.717, 1.165) is 32.1 Å².